The molecule has 0 bridgehead atoms. The van der Waals surface area contributed by atoms with Crippen LogP contribution in [0.1, 0.15) is 26.7 Å². The van der Waals surface area contributed by atoms with Crippen molar-refractivity contribution in [2.75, 3.05) is 13.2 Å². The second kappa shape index (κ2) is 12.7. The largest absolute Gasteiger partial charge is 0.498 e. The summed E-state index contributed by atoms with van der Waals surface area (Å²) in [6, 6.07) is 0. The summed E-state index contributed by atoms with van der Waals surface area (Å²) >= 11 is 0. The number of ether oxygens (including phenoxy) is 2. The lowest BCUT2D eigenvalue weighted by Gasteiger charge is -2.41. The molecule has 0 aliphatic carbocycles. The monoisotopic (exact) mass is 524 g/mol. The van der Waals surface area contributed by atoms with E-state index in [-0.39, 0.29) is 25.2 Å². The Labute approximate surface area is 198 Å². The van der Waals surface area contributed by atoms with Crippen LogP contribution in [-0.4, -0.2) is 70.1 Å². The maximum Gasteiger partial charge on any atom is 0.498 e. The fourth-order valence-corrected chi connectivity index (χ4v) is 15.8. The van der Waals surface area contributed by atoms with Crippen LogP contribution in [0, 0.1) is 0 Å². The van der Waals surface area contributed by atoms with Crippen molar-refractivity contribution in [2.24, 2.45) is 0 Å². The first-order valence-electron chi connectivity index (χ1n) is 11.1. The van der Waals surface area contributed by atoms with E-state index < -0.39 is 51.8 Å². The minimum atomic E-state index is -3.53. The van der Waals surface area contributed by atoms with Crippen molar-refractivity contribution in [2.45, 2.75) is 91.7 Å². The van der Waals surface area contributed by atoms with Crippen LogP contribution in [0.15, 0.2) is 11.3 Å². The number of carbonyl (C=O) groups is 2. The van der Waals surface area contributed by atoms with Gasteiger partial charge < -0.3 is 26.9 Å². The van der Waals surface area contributed by atoms with Crippen molar-refractivity contribution in [3.05, 3.63) is 11.3 Å². The van der Waals surface area contributed by atoms with Crippen LogP contribution in [0.4, 0.5) is 0 Å². The van der Waals surface area contributed by atoms with Crippen molar-refractivity contribution < 1.29 is 36.5 Å². The fourth-order valence-electron chi connectivity index (χ4n) is 2.54. The molecule has 0 saturated carbocycles. The molecule has 0 spiro atoms. The van der Waals surface area contributed by atoms with Gasteiger partial charge in [-0.25, -0.2) is 4.79 Å². The Morgan fingerprint density at radius 3 is 1.62 bits per heavy atom. The SMILES string of the molecule is CCCOC(=O)CC(=C[Si](O[Si](C)(C)C)(O[Si](C)(C)C)O[Si](C)(C)C)C(=O)OCC(C)O. The third-order valence-corrected chi connectivity index (χ3v) is 14.7. The van der Waals surface area contributed by atoms with E-state index in [0.29, 0.717) is 6.42 Å². The molecule has 32 heavy (non-hydrogen) atoms. The summed E-state index contributed by atoms with van der Waals surface area (Å²) < 4.78 is 30.1. The van der Waals surface area contributed by atoms with Crippen molar-refractivity contribution >= 4 is 45.7 Å². The molecule has 0 aromatic heterocycles. The molecule has 8 nitrogen and oxygen atoms in total. The van der Waals surface area contributed by atoms with E-state index in [1.165, 1.54) is 6.92 Å². The zero-order valence-electron chi connectivity index (χ0n) is 21.8. The summed E-state index contributed by atoms with van der Waals surface area (Å²) in [5.41, 5.74) is 1.66. The van der Waals surface area contributed by atoms with Gasteiger partial charge in [0.25, 0.3) is 0 Å². The van der Waals surface area contributed by atoms with Crippen LogP contribution in [0.25, 0.3) is 0 Å². The van der Waals surface area contributed by atoms with Gasteiger partial charge in [0.15, 0.2) is 25.0 Å². The lowest BCUT2D eigenvalue weighted by Crippen LogP contribution is -2.60. The van der Waals surface area contributed by atoms with Crippen molar-refractivity contribution in [1.82, 2.24) is 0 Å². The van der Waals surface area contributed by atoms with Gasteiger partial charge in [0, 0.05) is 5.57 Å². The maximum atomic E-state index is 12.9. The topological polar surface area (TPSA) is 101 Å². The van der Waals surface area contributed by atoms with E-state index in [2.05, 4.69) is 0 Å². The van der Waals surface area contributed by atoms with Gasteiger partial charge in [-0.05, 0) is 78.0 Å². The van der Waals surface area contributed by atoms with Crippen LogP contribution in [-0.2, 0) is 31.4 Å². The lowest BCUT2D eigenvalue weighted by molar-refractivity contribution is -0.147. The molecule has 1 atom stereocenters. The molecule has 0 aromatic carbocycles. The second-order valence-corrected chi connectivity index (χ2v) is 27.4. The average molecular weight is 525 g/mol. The van der Waals surface area contributed by atoms with Crippen molar-refractivity contribution in [1.29, 1.82) is 0 Å². The van der Waals surface area contributed by atoms with Crippen LogP contribution in [0.3, 0.4) is 0 Å². The number of hydrogen-bond donors (Lipinski definition) is 1. The minimum Gasteiger partial charge on any atom is -0.465 e. The molecular weight excluding hydrogens is 481 g/mol. The molecule has 0 saturated heterocycles. The van der Waals surface area contributed by atoms with Crippen molar-refractivity contribution in [3.8, 4) is 0 Å². The molecule has 0 fully saturated rings. The molecule has 0 radical (unpaired) electrons. The number of carbonyl (C=O) groups excluding carboxylic acids is 2. The highest BCUT2D eigenvalue weighted by molar-refractivity contribution is 6.92. The zero-order chi connectivity index (χ0) is 25.4. The van der Waals surface area contributed by atoms with Gasteiger partial charge >= 0.3 is 20.7 Å². The Hall–Kier alpha value is -0.612. The fraction of sp³-hybridized carbons (Fsp3) is 0.800. The first kappa shape index (κ1) is 31.4. The Morgan fingerprint density at radius 1 is 0.844 bits per heavy atom. The molecule has 0 aliphatic heterocycles. The minimum absolute atomic E-state index is 0.0770. The van der Waals surface area contributed by atoms with Gasteiger partial charge in [-0.1, -0.05) is 6.92 Å². The molecule has 1 unspecified atom stereocenters. The molecule has 12 heteroatoms. The standard InChI is InChI=1S/C20H44O8Si4/c1-12-13-24-19(22)14-18(20(23)25-15-17(2)21)16-32(26-29(3,4)5,27-30(6,7)8)28-31(9,10)11/h16-17,21H,12-15H2,1-11H3. The summed E-state index contributed by atoms with van der Waals surface area (Å²) in [4.78, 5) is 25.3. The van der Waals surface area contributed by atoms with E-state index in [9.17, 15) is 14.7 Å². The third-order valence-electron chi connectivity index (χ3n) is 3.22. The predicted octanol–water partition coefficient (Wildman–Crippen LogP) is 4.21. The highest BCUT2D eigenvalue weighted by Gasteiger charge is 2.49. The number of aliphatic hydroxyl groups excluding tert-OH is 1. The average Bonchev–Trinajstić information content (AvgIpc) is 2.51. The number of hydrogen-bond acceptors (Lipinski definition) is 8. The van der Waals surface area contributed by atoms with E-state index in [0.717, 1.165) is 0 Å². The summed E-state index contributed by atoms with van der Waals surface area (Å²) in [6.45, 7) is 21.8. The third kappa shape index (κ3) is 15.3. The smallest absolute Gasteiger partial charge is 0.465 e. The number of esters is 2. The zero-order valence-corrected chi connectivity index (χ0v) is 25.8. The molecule has 0 heterocycles. The summed E-state index contributed by atoms with van der Waals surface area (Å²) in [6.07, 6.45) is -0.442. The van der Waals surface area contributed by atoms with Gasteiger partial charge in [-0.2, -0.15) is 0 Å². The first-order valence-corrected chi connectivity index (χ1v) is 23.1. The van der Waals surface area contributed by atoms with Crippen LogP contribution in [0.2, 0.25) is 58.9 Å². The number of rotatable bonds is 14. The highest BCUT2D eigenvalue weighted by Crippen LogP contribution is 2.28. The Bertz CT molecular complexity index is 605. The molecule has 0 rings (SSSR count). The number of aliphatic hydroxyl groups is 1. The normalized spacial score (nSPS) is 14.8. The maximum absolute atomic E-state index is 12.9. The van der Waals surface area contributed by atoms with Crippen LogP contribution >= 0.6 is 0 Å². The van der Waals surface area contributed by atoms with Crippen LogP contribution in [0.5, 0.6) is 0 Å². The Morgan fingerprint density at radius 2 is 1.28 bits per heavy atom. The van der Waals surface area contributed by atoms with E-state index in [1.54, 1.807) is 5.70 Å². The summed E-state index contributed by atoms with van der Waals surface area (Å²) in [7, 11) is -10.1. The van der Waals surface area contributed by atoms with Gasteiger partial charge in [-0.15, -0.1) is 0 Å². The van der Waals surface area contributed by atoms with Gasteiger partial charge in [0.2, 0.25) is 0 Å². The summed E-state index contributed by atoms with van der Waals surface area (Å²) in [5, 5.41) is 9.54. The summed E-state index contributed by atoms with van der Waals surface area (Å²) in [5.74, 6) is -1.25. The first-order chi connectivity index (χ1) is 14.3. The van der Waals surface area contributed by atoms with E-state index >= 15 is 0 Å². The second-order valence-electron chi connectivity index (χ2n) is 10.8. The molecule has 0 aromatic rings. The van der Waals surface area contributed by atoms with E-state index in [1.807, 2.05) is 65.8 Å². The molecule has 188 valence electrons. The van der Waals surface area contributed by atoms with Crippen molar-refractivity contribution in [3.63, 3.8) is 0 Å². The molecule has 1 N–H and O–H groups in total. The Kier molecular flexibility index (Phi) is 12.5. The highest BCUT2D eigenvalue weighted by atomic mass is 28.5. The van der Waals surface area contributed by atoms with Gasteiger partial charge in [0.1, 0.15) is 6.61 Å². The molecule has 0 amide bonds. The Balaban J connectivity index is 6.53. The van der Waals surface area contributed by atoms with E-state index in [4.69, 9.17) is 21.8 Å². The van der Waals surface area contributed by atoms with Crippen LogP contribution < -0.4 is 0 Å². The predicted molar refractivity (Wildman–Crippen MR) is 136 cm³/mol. The molecule has 0 aliphatic rings. The van der Waals surface area contributed by atoms with Gasteiger partial charge in [-0.3, -0.25) is 4.79 Å². The van der Waals surface area contributed by atoms with Gasteiger partial charge in [0.05, 0.1) is 19.1 Å². The lowest BCUT2D eigenvalue weighted by atomic mass is 10.2. The molecular formula is C20H44O8Si4. The quantitative estimate of drug-likeness (QED) is 0.205.